The Morgan fingerprint density at radius 1 is 1.11 bits per heavy atom. The number of nitrogens with one attached hydrogen (secondary N) is 2. The van der Waals surface area contributed by atoms with Crippen LogP contribution in [0.25, 0.3) is 10.9 Å². The first kappa shape index (κ1) is 18.8. The van der Waals surface area contributed by atoms with Gasteiger partial charge in [-0.3, -0.25) is 4.79 Å². The quantitative estimate of drug-likeness (QED) is 0.691. The summed E-state index contributed by atoms with van der Waals surface area (Å²) in [6, 6.07) is 10.0. The number of hydrogen-bond acceptors (Lipinski definition) is 3. The monoisotopic (exact) mass is 370 g/mol. The standard InChI is InChI=1S/C21H23FN2O3/c1-21(2,16-12-23-17-7-6-14(22)10-15(16)17)20(25)24-11-13-5-8-18(26-3)19(9-13)27-4/h5-10,12,23H,11H2,1-4H3,(H,24,25). The molecule has 0 aliphatic rings. The normalized spacial score (nSPS) is 11.4. The van der Waals surface area contributed by atoms with E-state index >= 15 is 0 Å². The van der Waals surface area contributed by atoms with Crippen LogP contribution in [0, 0.1) is 5.82 Å². The van der Waals surface area contributed by atoms with Gasteiger partial charge in [0.2, 0.25) is 5.91 Å². The van der Waals surface area contributed by atoms with Crippen LogP contribution in [0.4, 0.5) is 4.39 Å². The molecule has 0 saturated carbocycles. The molecule has 5 nitrogen and oxygen atoms in total. The molecular formula is C21H23FN2O3. The van der Waals surface area contributed by atoms with Crippen molar-refractivity contribution in [2.24, 2.45) is 0 Å². The predicted octanol–water partition coefficient (Wildman–Crippen LogP) is 3.92. The molecule has 0 unspecified atom stereocenters. The van der Waals surface area contributed by atoms with Crippen molar-refractivity contribution in [1.82, 2.24) is 10.3 Å². The van der Waals surface area contributed by atoms with Crippen LogP contribution in [0.1, 0.15) is 25.0 Å². The summed E-state index contributed by atoms with van der Waals surface area (Å²) in [4.78, 5) is 16.0. The number of carbonyl (C=O) groups excluding carboxylic acids is 1. The summed E-state index contributed by atoms with van der Waals surface area (Å²) < 4.78 is 24.2. The highest BCUT2D eigenvalue weighted by Gasteiger charge is 2.32. The molecule has 0 aliphatic carbocycles. The molecule has 0 spiro atoms. The third-order valence-electron chi connectivity index (χ3n) is 4.79. The molecule has 0 aliphatic heterocycles. The predicted molar refractivity (Wildman–Crippen MR) is 103 cm³/mol. The summed E-state index contributed by atoms with van der Waals surface area (Å²) >= 11 is 0. The molecule has 27 heavy (non-hydrogen) atoms. The van der Waals surface area contributed by atoms with Gasteiger partial charge in [0, 0.05) is 23.6 Å². The van der Waals surface area contributed by atoms with Gasteiger partial charge in [-0.2, -0.15) is 0 Å². The van der Waals surface area contributed by atoms with Crippen LogP contribution < -0.4 is 14.8 Å². The molecule has 1 aromatic heterocycles. The Bertz CT molecular complexity index is 979. The van der Waals surface area contributed by atoms with E-state index in [0.29, 0.717) is 23.4 Å². The lowest BCUT2D eigenvalue weighted by Crippen LogP contribution is -2.39. The number of fused-ring (bicyclic) bond motifs is 1. The third kappa shape index (κ3) is 3.60. The first-order valence-electron chi connectivity index (χ1n) is 8.63. The molecule has 0 fully saturated rings. The van der Waals surface area contributed by atoms with Crippen LogP contribution in [-0.4, -0.2) is 25.1 Å². The lowest BCUT2D eigenvalue weighted by Gasteiger charge is -2.23. The zero-order chi connectivity index (χ0) is 19.6. The minimum absolute atomic E-state index is 0.151. The molecule has 1 heterocycles. The van der Waals surface area contributed by atoms with Crippen LogP contribution in [0.2, 0.25) is 0 Å². The maximum atomic E-state index is 13.6. The van der Waals surface area contributed by atoms with E-state index in [1.54, 1.807) is 32.5 Å². The zero-order valence-corrected chi connectivity index (χ0v) is 15.9. The van der Waals surface area contributed by atoms with E-state index in [9.17, 15) is 9.18 Å². The van der Waals surface area contributed by atoms with Crippen molar-refractivity contribution < 1.29 is 18.7 Å². The molecular weight excluding hydrogens is 347 g/mol. The second kappa shape index (κ2) is 7.31. The van der Waals surface area contributed by atoms with Gasteiger partial charge in [0.25, 0.3) is 0 Å². The summed E-state index contributed by atoms with van der Waals surface area (Å²) in [6.07, 6.45) is 1.76. The zero-order valence-electron chi connectivity index (χ0n) is 15.9. The number of aromatic amines is 1. The summed E-state index contributed by atoms with van der Waals surface area (Å²) in [7, 11) is 3.14. The fourth-order valence-corrected chi connectivity index (χ4v) is 3.13. The number of methoxy groups -OCH3 is 2. The first-order valence-corrected chi connectivity index (χ1v) is 8.63. The Kier molecular flexibility index (Phi) is 5.08. The number of benzene rings is 2. The molecule has 1 amide bonds. The highest BCUT2D eigenvalue weighted by molar-refractivity contribution is 5.94. The second-order valence-corrected chi connectivity index (χ2v) is 6.89. The van der Waals surface area contributed by atoms with Gasteiger partial charge in [-0.1, -0.05) is 6.07 Å². The molecule has 142 valence electrons. The van der Waals surface area contributed by atoms with E-state index in [-0.39, 0.29) is 11.7 Å². The third-order valence-corrected chi connectivity index (χ3v) is 4.79. The summed E-state index contributed by atoms with van der Waals surface area (Å²) in [5.74, 6) is 0.761. The molecule has 2 N–H and O–H groups in total. The number of aromatic nitrogens is 1. The Morgan fingerprint density at radius 2 is 1.85 bits per heavy atom. The Morgan fingerprint density at radius 3 is 2.56 bits per heavy atom. The largest absolute Gasteiger partial charge is 0.493 e. The van der Waals surface area contributed by atoms with Gasteiger partial charge in [-0.25, -0.2) is 4.39 Å². The number of halogens is 1. The molecule has 0 saturated heterocycles. The van der Waals surface area contributed by atoms with Gasteiger partial charge in [0.05, 0.1) is 19.6 Å². The van der Waals surface area contributed by atoms with Crippen LogP contribution >= 0.6 is 0 Å². The van der Waals surface area contributed by atoms with E-state index in [1.807, 2.05) is 26.0 Å². The maximum absolute atomic E-state index is 13.6. The number of rotatable bonds is 6. The van der Waals surface area contributed by atoms with E-state index in [2.05, 4.69) is 10.3 Å². The Balaban J connectivity index is 1.79. The van der Waals surface area contributed by atoms with Crippen molar-refractivity contribution in [2.75, 3.05) is 14.2 Å². The lowest BCUT2D eigenvalue weighted by atomic mass is 9.83. The summed E-state index contributed by atoms with van der Waals surface area (Å²) in [5.41, 5.74) is 1.61. The van der Waals surface area contributed by atoms with Crippen molar-refractivity contribution >= 4 is 16.8 Å². The van der Waals surface area contributed by atoms with Gasteiger partial charge < -0.3 is 19.8 Å². The second-order valence-electron chi connectivity index (χ2n) is 6.89. The van der Waals surface area contributed by atoms with Gasteiger partial charge in [-0.15, -0.1) is 0 Å². The van der Waals surface area contributed by atoms with E-state index < -0.39 is 5.41 Å². The fourth-order valence-electron chi connectivity index (χ4n) is 3.13. The summed E-state index contributed by atoms with van der Waals surface area (Å²) in [6.45, 7) is 3.99. The van der Waals surface area contributed by atoms with E-state index in [4.69, 9.17) is 9.47 Å². The van der Waals surface area contributed by atoms with E-state index in [0.717, 1.165) is 16.6 Å². The van der Waals surface area contributed by atoms with Gasteiger partial charge in [0.15, 0.2) is 11.5 Å². The molecule has 2 aromatic carbocycles. The van der Waals surface area contributed by atoms with Crippen molar-refractivity contribution in [3.63, 3.8) is 0 Å². The maximum Gasteiger partial charge on any atom is 0.230 e. The van der Waals surface area contributed by atoms with Gasteiger partial charge in [-0.05, 0) is 55.3 Å². The Hall–Kier alpha value is -3.02. The average Bonchev–Trinajstić information content (AvgIpc) is 3.09. The number of hydrogen-bond donors (Lipinski definition) is 2. The molecule has 0 bridgehead atoms. The minimum atomic E-state index is -0.831. The average molecular weight is 370 g/mol. The van der Waals surface area contributed by atoms with Crippen LogP contribution in [-0.2, 0) is 16.8 Å². The fraction of sp³-hybridized carbons (Fsp3) is 0.286. The molecule has 3 aromatic rings. The van der Waals surface area contributed by atoms with Gasteiger partial charge >= 0.3 is 0 Å². The van der Waals surface area contributed by atoms with Crippen molar-refractivity contribution in [3.8, 4) is 11.5 Å². The van der Waals surface area contributed by atoms with Crippen LogP contribution in [0.15, 0.2) is 42.6 Å². The van der Waals surface area contributed by atoms with Crippen molar-refractivity contribution in [3.05, 3.63) is 59.5 Å². The minimum Gasteiger partial charge on any atom is -0.493 e. The smallest absolute Gasteiger partial charge is 0.230 e. The lowest BCUT2D eigenvalue weighted by molar-refractivity contribution is -0.125. The molecule has 6 heteroatoms. The SMILES string of the molecule is COc1ccc(CNC(=O)C(C)(C)c2c[nH]c3ccc(F)cc23)cc1OC. The number of carbonyl (C=O) groups is 1. The number of amides is 1. The number of H-pyrrole nitrogens is 1. The van der Waals surface area contributed by atoms with Crippen LogP contribution in [0.5, 0.6) is 11.5 Å². The van der Waals surface area contributed by atoms with E-state index in [1.165, 1.54) is 12.1 Å². The topological polar surface area (TPSA) is 63.3 Å². The highest BCUT2D eigenvalue weighted by Crippen LogP contribution is 2.32. The molecule has 0 radical (unpaired) electrons. The Labute approximate surface area is 157 Å². The van der Waals surface area contributed by atoms with Crippen molar-refractivity contribution in [2.45, 2.75) is 25.8 Å². The van der Waals surface area contributed by atoms with Gasteiger partial charge in [0.1, 0.15) is 5.82 Å². The highest BCUT2D eigenvalue weighted by atomic mass is 19.1. The van der Waals surface area contributed by atoms with Crippen molar-refractivity contribution in [1.29, 1.82) is 0 Å². The number of ether oxygens (including phenoxy) is 2. The van der Waals surface area contributed by atoms with Crippen LogP contribution in [0.3, 0.4) is 0 Å². The molecule has 3 rings (SSSR count). The molecule has 0 atom stereocenters. The summed E-state index contributed by atoms with van der Waals surface area (Å²) in [5, 5.41) is 3.66. The first-order chi connectivity index (χ1) is 12.9.